The Bertz CT molecular complexity index is 670. The Balaban J connectivity index is 1.71. The molecule has 0 radical (unpaired) electrons. The van der Waals surface area contributed by atoms with Gasteiger partial charge in [-0.15, -0.1) is 10.2 Å². The first-order valence-corrected chi connectivity index (χ1v) is 8.73. The first-order chi connectivity index (χ1) is 12.1. The molecule has 1 unspecified atom stereocenters. The molecule has 1 atom stereocenters. The largest absolute Gasteiger partial charge is 0.489 e. The van der Waals surface area contributed by atoms with Gasteiger partial charge in [0, 0.05) is 31.6 Å². The van der Waals surface area contributed by atoms with E-state index in [0.29, 0.717) is 11.6 Å². The second kappa shape index (κ2) is 9.88. The van der Waals surface area contributed by atoms with Crippen molar-refractivity contribution in [3.05, 3.63) is 41.4 Å². The Hall–Kier alpha value is -2.28. The molecule has 0 aliphatic carbocycles. The SMILES string of the molecule is CCc1nncn1CCNC(=NC)NCC(C)Oc1ccc(Cl)cc1. The summed E-state index contributed by atoms with van der Waals surface area (Å²) in [6, 6.07) is 7.34. The monoisotopic (exact) mass is 364 g/mol. The van der Waals surface area contributed by atoms with Crippen molar-refractivity contribution in [1.29, 1.82) is 0 Å². The average Bonchev–Trinajstić information content (AvgIpc) is 3.07. The van der Waals surface area contributed by atoms with Crippen molar-refractivity contribution in [3.63, 3.8) is 0 Å². The van der Waals surface area contributed by atoms with Crippen molar-refractivity contribution in [3.8, 4) is 5.75 Å². The number of hydrogen-bond donors (Lipinski definition) is 2. The molecule has 0 aliphatic heterocycles. The van der Waals surface area contributed by atoms with Crippen molar-refractivity contribution in [1.82, 2.24) is 25.4 Å². The third-order valence-corrected chi connectivity index (χ3v) is 3.84. The smallest absolute Gasteiger partial charge is 0.191 e. The summed E-state index contributed by atoms with van der Waals surface area (Å²) in [4.78, 5) is 4.22. The van der Waals surface area contributed by atoms with Crippen LogP contribution in [0.15, 0.2) is 35.6 Å². The van der Waals surface area contributed by atoms with Crippen molar-refractivity contribution in [2.24, 2.45) is 4.99 Å². The van der Waals surface area contributed by atoms with E-state index in [4.69, 9.17) is 16.3 Å². The van der Waals surface area contributed by atoms with Crippen molar-refractivity contribution >= 4 is 17.6 Å². The highest BCUT2D eigenvalue weighted by molar-refractivity contribution is 6.30. The molecule has 0 saturated carbocycles. The van der Waals surface area contributed by atoms with Crippen LogP contribution in [-0.4, -0.2) is 47.0 Å². The lowest BCUT2D eigenvalue weighted by Gasteiger charge is -2.18. The number of aliphatic imine (C=N–C) groups is 1. The zero-order valence-electron chi connectivity index (χ0n) is 14.9. The topological polar surface area (TPSA) is 76.4 Å². The van der Waals surface area contributed by atoms with E-state index in [2.05, 4.69) is 32.7 Å². The summed E-state index contributed by atoms with van der Waals surface area (Å²) in [5.74, 6) is 2.51. The predicted molar refractivity (Wildman–Crippen MR) is 100 cm³/mol. The molecule has 25 heavy (non-hydrogen) atoms. The molecule has 0 saturated heterocycles. The maximum Gasteiger partial charge on any atom is 0.191 e. The fraction of sp³-hybridized carbons (Fsp3) is 0.471. The second-order valence-corrected chi connectivity index (χ2v) is 5.99. The first-order valence-electron chi connectivity index (χ1n) is 8.35. The van der Waals surface area contributed by atoms with Crippen LogP contribution in [0.4, 0.5) is 0 Å². The zero-order chi connectivity index (χ0) is 18.1. The van der Waals surface area contributed by atoms with Gasteiger partial charge in [-0.25, -0.2) is 0 Å². The van der Waals surface area contributed by atoms with E-state index >= 15 is 0 Å². The molecule has 2 aromatic rings. The first kappa shape index (κ1) is 19.1. The molecule has 136 valence electrons. The Morgan fingerprint density at radius 1 is 1.32 bits per heavy atom. The number of nitrogens with zero attached hydrogens (tertiary/aromatic N) is 4. The summed E-state index contributed by atoms with van der Waals surface area (Å²) in [5.41, 5.74) is 0. The number of rotatable bonds is 8. The highest BCUT2D eigenvalue weighted by atomic mass is 35.5. The van der Waals surface area contributed by atoms with Crippen molar-refractivity contribution < 1.29 is 4.74 Å². The molecule has 7 nitrogen and oxygen atoms in total. The number of aryl methyl sites for hydroxylation is 1. The van der Waals surface area contributed by atoms with Crippen LogP contribution in [0, 0.1) is 0 Å². The van der Waals surface area contributed by atoms with Gasteiger partial charge in [-0.2, -0.15) is 0 Å². The van der Waals surface area contributed by atoms with Crippen LogP contribution in [0.2, 0.25) is 5.02 Å². The average molecular weight is 365 g/mol. The molecule has 1 heterocycles. The van der Waals surface area contributed by atoms with E-state index in [1.54, 1.807) is 13.4 Å². The minimum atomic E-state index is -0.00994. The fourth-order valence-corrected chi connectivity index (χ4v) is 2.41. The third-order valence-electron chi connectivity index (χ3n) is 3.59. The second-order valence-electron chi connectivity index (χ2n) is 5.56. The van der Waals surface area contributed by atoms with Crippen LogP contribution in [0.5, 0.6) is 5.75 Å². The lowest BCUT2D eigenvalue weighted by molar-refractivity contribution is 0.224. The summed E-state index contributed by atoms with van der Waals surface area (Å²) < 4.78 is 7.87. The van der Waals surface area contributed by atoms with Crippen molar-refractivity contribution in [2.45, 2.75) is 32.9 Å². The predicted octanol–water partition coefficient (Wildman–Crippen LogP) is 2.13. The van der Waals surface area contributed by atoms with E-state index < -0.39 is 0 Å². The summed E-state index contributed by atoms with van der Waals surface area (Å²) in [5, 5.41) is 15.2. The van der Waals surface area contributed by atoms with Gasteiger partial charge in [0.15, 0.2) is 5.96 Å². The quantitative estimate of drug-likeness (QED) is 0.554. The normalized spacial score (nSPS) is 12.7. The van der Waals surface area contributed by atoms with Gasteiger partial charge >= 0.3 is 0 Å². The van der Waals surface area contributed by atoms with Crippen LogP contribution in [0.1, 0.15) is 19.7 Å². The number of guanidine groups is 1. The number of hydrogen-bond acceptors (Lipinski definition) is 4. The molecule has 0 amide bonds. The van der Waals surface area contributed by atoms with E-state index in [1.807, 2.05) is 35.8 Å². The molecule has 2 N–H and O–H groups in total. The van der Waals surface area contributed by atoms with E-state index in [9.17, 15) is 0 Å². The van der Waals surface area contributed by atoms with Gasteiger partial charge < -0.3 is 19.9 Å². The molecular formula is C17H25ClN6O. The molecule has 0 fully saturated rings. The van der Waals surface area contributed by atoms with Gasteiger partial charge in [-0.05, 0) is 31.2 Å². The number of halogens is 1. The molecule has 2 rings (SSSR count). The molecule has 8 heteroatoms. The Labute approximate surface area is 153 Å². The maximum atomic E-state index is 5.87. The molecule has 0 bridgehead atoms. The molecule has 0 spiro atoms. The summed E-state index contributed by atoms with van der Waals surface area (Å²) in [6.45, 7) is 6.22. The minimum Gasteiger partial charge on any atom is -0.489 e. The van der Waals surface area contributed by atoms with Gasteiger partial charge in [-0.3, -0.25) is 4.99 Å². The van der Waals surface area contributed by atoms with Gasteiger partial charge in [0.2, 0.25) is 0 Å². The standard InChI is InChI=1S/C17H25ClN6O/c1-4-16-23-22-12-24(16)10-9-20-17(19-3)21-11-13(2)25-15-7-5-14(18)6-8-15/h5-8,12-13H,4,9-11H2,1-3H3,(H2,19,20,21). The lowest BCUT2D eigenvalue weighted by Crippen LogP contribution is -2.42. The molecule has 0 aliphatic rings. The van der Waals surface area contributed by atoms with Crippen LogP contribution in [-0.2, 0) is 13.0 Å². The van der Waals surface area contributed by atoms with Crippen LogP contribution in [0.25, 0.3) is 0 Å². The summed E-state index contributed by atoms with van der Waals surface area (Å²) in [7, 11) is 1.75. The van der Waals surface area contributed by atoms with E-state index in [1.165, 1.54) is 0 Å². The van der Waals surface area contributed by atoms with Gasteiger partial charge in [0.25, 0.3) is 0 Å². The van der Waals surface area contributed by atoms with Crippen LogP contribution >= 0.6 is 11.6 Å². The molecular weight excluding hydrogens is 340 g/mol. The van der Waals surface area contributed by atoms with Gasteiger partial charge in [-0.1, -0.05) is 18.5 Å². The summed E-state index contributed by atoms with van der Waals surface area (Å²) >= 11 is 5.87. The Kier molecular flexibility index (Phi) is 7.53. The van der Waals surface area contributed by atoms with E-state index in [0.717, 1.165) is 37.0 Å². The lowest BCUT2D eigenvalue weighted by atomic mass is 10.3. The number of nitrogens with one attached hydrogen (secondary N) is 2. The molecule has 1 aromatic heterocycles. The highest BCUT2D eigenvalue weighted by Crippen LogP contribution is 2.16. The van der Waals surface area contributed by atoms with Crippen LogP contribution in [0.3, 0.4) is 0 Å². The fourth-order valence-electron chi connectivity index (χ4n) is 2.28. The zero-order valence-corrected chi connectivity index (χ0v) is 15.6. The Morgan fingerprint density at radius 3 is 2.76 bits per heavy atom. The molecule has 1 aromatic carbocycles. The van der Waals surface area contributed by atoms with Crippen LogP contribution < -0.4 is 15.4 Å². The van der Waals surface area contributed by atoms with Gasteiger partial charge in [0.05, 0.1) is 6.54 Å². The third kappa shape index (κ3) is 6.26. The number of benzene rings is 1. The van der Waals surface area contributed by atoms with E-state index in [-0.39, 0.29) is 6.10 Å². The maximum absolute atomic E-state index is 5.87. The van der Waals surface area contributed by atoms with Crippen molar-refractivity contribution in [2.75, 3.05) is 20.1 Å². The number of ether oxygens (including phenoxy) is 1. The van der Waals surface area contributed by atoms with Gasteiger partial charge in [0.1, 0.15) is 24.0 Å². The Morgan fingerprint density at radius 2 is 2.08 bits per heavy atom. The number of aromatic nitrogens is 3. The summed E-state index contributed by atoms with van der Waals surface area (Å²) in [6.07, 6.45) is 2.61. The highest BCUT2D eigenvalue weighted by Gasteiger charge is 2.06. The minimum absolute atomic E-state index is 0.00994.